The second-order valence-electron chi connectivity index (χ2n) is 5.31. The van der Waals surface area contributed by atoms with Crippen LogP contribution >= 0.6 is 11.8 Å². The van der Waals surface area contributed by atoms with Crippen LogP contribution in [0.4, 0.5) is 0 Å². The molecule has 1 heterocycles. The van der Waals surface area contributed by atoms with Crippen LogP contribution < -0.4 is 5.32 Å². The van der Waals surface area contributed by atoms with Crippen molar-refractivity contribution in [1.29, 1.82) is 0 Å². The first kappa shape index (κ1) is 16.1. The van der Waals surface area contributed by atoms with E-state index < -0.39 is 0 Å². The molecule has 0 radical (unpaired) electrons. The Morgan fingerprint density at radius 3 is 2.48 bits per heavy atom. The standard InChI is InChI=1S/C18H24N2S/c1-4-11-19-18(12-16-8-5-14(2)13-20-16)15-6-9-17(21-3)10-7-15/h5-10,13,18-19H,4,11-12H2,1-3H3. The smallest absolute Gasteiger partial charge is 0.0422 e. The Morgan fingerprint density at radius 1 is 1.14 bits per heavy atom. The van der Waals surface area contributed by atoms with Gasteiger partial charge in [-0.1, -0.05) is 25.1 Å². The van der Waals surface area contributed by atoms with E-state index in [-0.39, 0.29) is 0 Å². The lowest BCUT2D eigenvalue weighted by molar-refractivity contribution is 0.524. The average molecular weight is 300 g/mol. The van der Waals surface area contributed by atoms with Crippen LogP contribution in [0.1, 0.15) is 36.2 Å². The van der Waals surface area contributed by atoms with Gasteiger partial charge in [0.25, 0.3) is 0 Å². The van der Waals surface area contributed by atoms with Gasteiger partial charge in [0, 0.05) is 29.2 Å². The van der Waals surface area contributed by atoms with E-state index in [0.29, 0.717) is 6.04 Å². The van der Waals surface area contributed by atoms with E-state index >= 15 is 0 Å². The first-order valence-electron chi connectivity index (χ1n) is 7.51. The number of nitrogens with one attached hydrogen (secondary N) is 1. The fourth-order valence-electron chi connectivity index (χ4n) is 2.29. The summed E-state index contributed by atoms with van der Waals surface area (Å²) in [5, 5.41) is 3.64. The van der Waals surface area contributed by atoms with E-state index in [1.807, 2.05) is 6.20 Å². The van der Waals surface area contributed by atoms with Gasteiger partial charge in [-0.2, -0.15) is 0 Å². The predicted octanol–water partition coefficient (Wildman–Crippen LogP) is 4.40. The van der Waals surface area contributed by atoms with Crippen LogP contribution in [0.15, 0.2) is 47.5 Å². The molecule has 2 rings (SSSR count). The molecule has 0 aliphatic heterocycles. The van der Waals surface area contributed by atoms with Gasteiger partial charge in [-0.3, -0.25) is 4.98 Å². The number of aryl methyl sites for hydroxylation is 1. The number of aromatic nitrogens is 1. The van der Waals surface area contributed by atoms with Crippen molar-refractivity contribution in [2.24, 2.45) is 0 Å². The van der Waals surface area contributed by atoms with Crippen molar-refractivity contribution in [3.63, 3.8) is 0 Å². The Morgan fingerprint density at radius 2 is 1.90 bits per heavy atom. The summed E-state index contributed by atoms with van der Waals surface area (Å²) in [7, 11) is 0. The number of hydrogen-bond acceptors (Lipinski definition) is 3. The zero-order valence-corrected chi connectivity index (χ0v) is 13.9. The lowest BCUT2D eigenvalue weighted by Crippen LogP contribution is -2.24. The lowest BCUT2D eigenvalue weighted by atomic mass is 10.0. The van der Waals surface area contributed by atoms with Gasteiger partial charge in [-0.25, -0.2) is 0 Å². The van der Waals surface area contributed by atoms with Crippen LogP contribution in [-0.4, -0.2) is 17.8 Å². The topological polar surface area (TPSA) is 24.9 Å². The highest BCUT2D eigenvalue weighted by Gasteiger charge is 2.12. The number of pyridine rings is 1. The van der Waals surface area contributed by atoms with Crippen molar-refractivity contribution in [3.05, 3.63) is 59.4 Å². The monoisotopic (exact) mass is 300 g/mol. The van der Waals surface area contributed by atoms with E-state index in [4.69, 9.17) is 0 Å². The molecule has 0 fully saturated rings. The third-order valence-electron chi connectivity index (χ3n) is 3.54. The van der Waals surface area contributed by atoms with Crippen molar-refractivity contribution in [2.45, 2.75) is 37.6 Å². The Balaban J connectivity index is 2.14. The van der Waals surface area contributed by atoms with Crippen molar-refractivity contribution in [2.75, 3.05) is 12.8 Å². The van der Waals surface area contributed by atoms with Gasteiger partial charge in [0.05, 0.1) is 0 Å². The van der Waals surface area contributed by atoms with Crippen LogP contribution in [0, 0.1) is 6.92 Å². The summed E-state index contributed by atoms with van der Waals surface area (Å²) in [5.41, 5.74) is 3.69. The molecule has 0 aliphatic carbocycles. The third-order valence-corrected chi connectivity index (χ3v) is 4.29. The SMILES string of the molecule is CCCNC(Cc1ccc(C)cn1)c1ccc(SC)cc1. The highest BCUT2D eigenvalue weighted by Crippen LogP contribution is 2.21. The molecule has 0 bridgehead atoms. The average Bonchev–Trinajstić information content (AvgIpc) is 2.53. The molecule has 2 nitrogen and oxygen atoms in total. The molecule has 0 saturated carbocycles. The molecule has 1 N–H and O–H groups in total. The number of rotatable bonds is 7. The van der Waals surface area contributed by atoms with Gasteiger partial charge < -0.3 is 5.32 Å². The van der Waals surface area contributed by atoms with Crippen LogP contribution in [0.25, 0.3) is 0 Å². The molecule has 0 amide bonds. The molecule has 0 saturated heterocycles. The summed E-state index contributed by atoms with van der Waals surface area (Å²) in [4.78, 5) is 5.85. The molecule has 1 unspecified atom stereocenters. The number of nitrogens with zero attached hydrogens (tertiary/aromatic N) is 1. The predicted molar refractivity (Wildman–Crippen MR) is 91.9 cm³/mol. The fraction of sp³-hybridized carbons (Fsp3) is 0.389. The molecular formula is C18H24N2S. The Hall–Kier alpha value is -1.32. The minimum atomic E-state index is 0.330. The van der Waals surface area contributed by atoms with Crippen LogP contribution in [0.5, 0.6) is 0 Å². The van der Waals surface area contributed by atoms with E-state index in [0.717, 1.165) is 25.1 Å². The van der Waals surface area contributed by atoms with Crippen LogP contribution in [-0.2, 0) is 6.42 Å². The molecule has 1 aromatic heterocycles. The second kappa shape index (κ2) is 8.20. The highest BCUT2D eigenvalue weighted by molar-refractivity contribution is 7.98. The maximum absolute atomic E-state index is 4.54. The van der Waals surface area contributed by atoms with Crippen LogP contribution in [0.3, 0.4) is 0 Å². The van der Waals surface area contributed by atoms with Gasteiger partial charge in [-0.15, -0.1) is 11.8 Å². The maximum Gasteiger partial charge on any atom is 0.0422 e. The first-order valence-corrected chi connectivity index (χ1v) is 8.74. The molecule has 0 aliphatic rings. The molecule has 1 aromatic carbocycles. The minimum Gasteiger partial charge on any atom is -0.310 e. The molecular weight excluding hydrogens is 276 g/mol. The largest absolute Gasteiger partial charge is 0.310 e. The Labute approximate surface area is 132 Å². The van der Waals surface area contributed by atoms with E-state index in [1.165, 1.54) is 16.0 Å². The highest BCUT2D eigenvalue weighted by atomic mass is 32.2. The lowest BCUT2D eigenvalue weighted by Gasteiger charge is -2.19. The van der Waals surface area contributed by atoms with Gasteiger partial charge in [0.1, 0.15) is 0 Å². The van der Waals surface area contributed by atoms with Gasteiger partial charge in [-0.05, 0) is 55.5 Å². The molecule has 1 atom stereocenters. The minimum absolute atomic E-state index is 0.330. The van der Waals surface area contributed by atoms with Crippen molar-refractivity contribution < 1.29 is 0 Å². The van der Waals surface area contributed by atoms with Gasteiger partial charge in [0.15, 0.2) is 0 Å². The van der Waals surface area contributed by atoms with Crippen molar-refractivity contribution >= 4 is 11.8 Å². The molecule has 3 heteroatoms. The summed E-state index contributed by atoms with van der Waals surface area (Å²) in [6.45, 7) is 5.30. The molecule has 2 aromatic rings. The molecule has 112 valence electrons. The molecule has 0 spiro atoms. The van der Waals surface area contributed by atoms with E-state index in [1.54, 1.807) is 11.8 Å². The van der Waals surface area contributed by atoms with Crippen molar-refractivity contribution in [1.82, 2.24) is 10.3 Å². The zero-order chi connectivity index (χ0) is 15.1. The van der Waals surface area contributed by atoms with E-state index in [2.05, 4.69) is 66.8 Å². The maximum atomic E-state index is 4.54. The molecule has 21 heavy (non-hydrogen) atoms. The summed E-state index contributed by atoms with van der Waals surface area (Å²) in [5.74, 6) is 0. The summed E-state index contributed by atoms with van der Waals surface area (Å²) in [6.07, 6.45) is 6.13. The second-order valence-corrected chi connectivity index (χ2v) is 6.19. The summed E-state index contributed by atoms with van der Waals surface area (Å²) in [6, 6.07) is 13.5. The first-order chi connectivity index (χ1) is 10.2. The van der Waals surface area contributed by atoms with Gasteiger partial charge in [0.2, 0.25) is 0 Å². The normalized spacial score (nSPS) is 12.3. The van der Waals surface area contributed by atoms with Crippen molar-refractivity contribution in [3.8, 4) is 0 Å². The number of benzene rings is 1. The quantitative estimate of drug-likeness (QED) is 0.767. The fourth-order valence-corrected chi connectivity index (χ4v) is 2.70. The number of thioether (sulfide) groups is 1. The summed E-state index contributed by atoms with van der Waals surface area (Å²) < 4.78 is 0. The van der Waals surface area contributed by atoms with Gasteiger partial charge >= 0.3 is 0 Å². The van der Waals surface area contributed by atoms with Crippen LogP contribution in [0.2, 0.25) is 0 Å². The zero-order valence-electron chi connectivity index (χ0n) is 13.1. The Kier molecular flexibility index (Phi) is 6.27. The van der Waals surface area contributed by atoms with E-state index in [9.17, 15) is 0 Å². The summed E-state index contributed by atoms with van der Waals surface area (Å²) >= 11 is 1.78. The number of hydrogen-bond donors (Lipinski definition) is 1. The Bertz CT molecular complexity index is 534. The third kappa shape index (κ3) is 4.87.